The zero-order chi connectivity index (χ0) is 17.4. The molecule has 0 bridgehead atoms. The third-order valence-corrected chi connectivity index (χ3v) is 3.83. The summed E-state index contributed by atoms with van der Waals surface area (Å²) in [7, 11) is 0. The maximum absolute atomic E-state index is 12.2. The van der Waals surface area contributed by atoms with Gasteiger partial charge in [-0.25, -0.2) is 0 Å². The summed E-state index contributed by atoms with van der Waals surface area (Å²) in [5, 5.41) is 20.9. The van der Waals surface area contributed by atoms with E-state index in [0.29, 0.717) is 17.0 Å². The molecule has 9 nitrogen and oxygen atoms in total. The van der Waals surface area contributed by atoms with Crippen LogP contribution in [-0.2, 0) is 6.54 Å². The Hall–Kier alpha value is -3.07. The van der Waals surface area contributed by atoms with Crippen LogP contribution in [0.4, 0.5) is 5.82 Å². The first-order chi connectivity index (χ1) is 11.4. The predicted octanol–water partition coefficient (Wildman–Crippen LogP) is 0.757. The van der Waals surface area contributed by atoms with Gasteiger partial charge in [-0.1, -0.05) is 12.1 Å². The molecule has 2 amide bonds. The zero-order valence-corrected chi connectivity index (χ0v) is 12.7. The average Bonchev–Trinajstić information content (AvgIpc) is 3.02. The van der Waals surface area contributed by atoms with Crippen LogP contribution in [0.3, 0.4) is 0 Å². The van der Waals surface area contributed by atoms with Crippen LogP contribution >= 0.6 is 0 Å². The molecular formula is C15H14N4O5. The minimum atomic E-state index is -1.07. The first kappa shape index (κ1) is 15.8. The molecule has 9 heteroatoms. The number of aliphatic hydroxyl groups is 1. The van der Waals surface area contributed by atoms with Crippen molar-refractivity contribution >= 4 is 17.6 Å². The van der Waals surface area contributed by atoms with E-state index >= 15 is 0 Å². The van der Waals surface area contributed by atoms with Crippen molar-refractivity contribution in [3.05, 3.63) is 57.5 Å². The van der Waals surface area contributed by atoms with Crippen molar-refractivity contribution in [3.8, 4) is 0 Å². The Bertz CT molecular complexity index is 809. The van der Waals surface area contributed by atoms with Crippen LogP contribution in [0, 0.1) is 17.0 Å². The van der Waals surface area contributed by atoms with Crippen LogP contribution in [0.25, 0.3) is 0 Å². The Morgan fingerprint density at radius 1 is 1.21 bits per heavy atom. The number of carbonyl (C=O) groups is 2. The molecule has 2 heterocycles. The summed E-state index contributed by atoms with van der Waals surface area (Å²) in [5.41, 5.74) is 0.619. The number of aliphatic hydroxyl groups excluding tert-OH is 1. The quantitative estimate of drug-likeness (QED) is 0.491. The Balaban J connectivity index is 1.72. The Morgan fingerprint density at radius 3 is 2.29 bits per heavy atom. The SMILES string of the molecule is Cc1nc([N+](=O)[O-])cn1CC(O)CN1C(=O)c2ccccc2C1=O. The molecule has 1 unspecified atom stereocenters. The lowest BCUT2D eigenvalue weighted by Gasteiger charge is -2.18. The van der Waals surface area contributed by atoms with E-state index in [0.717, 1.165) is 4.90 Å². The van der Waals surface area contributed by atoms with Gasteiger partial charge in [0.2, 0.25) is 5.82 Å². The van der Waals surface area contributed by atoms with Crippen molar-refractivity contribution in [2.45, 2.75) is 19.6 Å². The minimum absolute atomic E-state index is 0.0138. The molecule has 0 fully saturated rings. The summed E-state index contributed by atoms with van der Waals surface area (Å²) < 4.78 is 1.42. The third-order valence-electron chi connectivity index (χ3n) is 3.83. The first-order valence-electron chi connectivity index (χ1n) is 7.20. The second kappa shape index (κ2) is 5.85. The highest BCUT2D eigenvalue weighted by Crippen LogP contribution is 2.22. The van der Waals surface area contributed by atoms with Gasteiger partial charge in [-0.2, -0.15) is 0 Å². The van der Waals surface area contributed by atoms with Gasteiger partial charge in [0, 0.05) is 6.92 Å². The smallest absolute Gasteiger partial charge is 0.381 e. The molecule has 0 saturated heterocycles. The standard InChI is InChI=1S/C15H14N4O5/c1-9-16-13(19(23)24)8-17(9)6-10(20)7-18-14(21)11-4-2-3-5-12(11)15(18)22/h2-5,8,10,20H,6-7H2,1H3. The monoisotopic (exact) mass is 330 g/mol. The van der Waals surface area contributed by atoms with Gasteiger partial charge in [0.25, 0.3) is 11.8 Å². The number of imidazole rings is 1. The molecule has 1 N–H and O–H groups in total. The Kier molecular flexibility index (Phi) is 3.86. The lowest BCUT2D eigenvalue weighted by atomic mass is 10.1. The summed E-state index contributed by atoms with van der Waals surface area (Å²) in [6.45, 7) is 1.36. The highest BCUT2D eigenvalue weighted by molar-refractivity contribution is 6.21. The molecule has 3 rings (SSSR count). The summed E-state index contributed by atoms with van der Waals surface area (Å²) in [6, 6.07) is 6.45. The number of hydrogen-bond acceptors (Lipinski definition) is 6. The average molecular weight is 330 g/mol. The summed E-state index contributed by atoms with van der Waals surface area (Å²) in [4.78, 5) is 39.3. The van der Waals surface area contributed by atoms with Crippen molar-refractivity contribution in [1.29, 1.82) is 0 Å². The number of benzene rings is 1. The van der Waals surface area contributed by atoms with Crippen LogP contribution in [0.2, 0.25) is 0 Å². The molecule has 1 aromatic carbocycles. The minimum Gasteiger partial charge on any atom is -0.389 e. The molecule has 0 radical (unpaired) electrons. The van der Waals surface area contributed by atoms with E-state index in [1.165, 1.54) is 10.8 Å². The predicted molar refractivity (Wildman–Crippen MR) is 81.4 cm³/mol. The van der Waals surface area contributed by atoms with Gasteiger partial charge < -0.3 is 19.8 Å². The van der Waals surface area contributed by atoms with Crippen LogP contribution < -0.4 is 0 Å². The van der Waals surface area contributed by atoms with Crippen LogP contribution in [0.5, 0.6) is 0 Å². The zero-order valence-electron chi connectivity index (χ0n) is 12.7. The summed E-state index contributed by atoms with van der Waals surface area (Å²) in [5.74, 6) is -0.866. The second-order valence-electron chi connectivity index (χ2n) is 5.48. The number of aryl methyl sites for hydroxylation is 1. The summed E-state index contributed by atoms with van der Waals surface area (Å²) in [6.07, 6.45) is 0.140. The lowest BCUT2D eigenvalue weighted by molar-refractivity contribution is -0.389. The van der Waals surface area contributed by atoms with E-state index in [9.17, 15) is 24.8 Å². The number of aromatic nitrogens is 2. The Morgan fingerprint density at radius 2 is 1.79 bits per heavy atom. The molecule has 124 valence electrons. The lowest BCUT2D eigenvalue weighted by Crippen LogP contribution is -2.38. The third kappa shape index (κ3) is 2.65. The molecule has 24 heavy (non-hydrogen) atoms. The number of rotatable bonds is 5. The number of hydrogen-bond donors (Lipinski definition) is 1. The molecule has 1 atom stereocenters. The molecule has 0 aliphatic carbocycles. The van der Waals surface area contributed by atoms with Crippen molar-refractivity contribution in [3.63, 3.8) is 0 Å². The maximum Gasteiger partial charge on any atom is 0.381 e. The molecular weight excluding hydrogens is 316 g/mol. The number of imide groups is 1. The number of β-amino-alcohol motifs (C(OH)–C–C–N with tert-alkyl or cyclic N) is 1. The second-order valence-corrected chi connectivity index (χ2v) is 5.48. The van der Waals surface area contributed by atoms with E-state index in [4.69, 9.17) is 0 Å². The van der Waals surface area contributed by atoms with Crippen LogP contribution in [0.1, 0.15) is 26.5 Å². The van der Waals surface area contributed by atoms with Gasteiger partial charge in [-0.15, -0.1) is 0 Å². The molecule has 1 aliphatic heterocycles. The molecule has 1 aliphatic rings. The number of nitro groups is 1. The topological polar surface area (TPSA) is 119 Å². The van der Waals surface area contributed by atoms with Gasteiger partial charge >= 0.3 is 5.82 Å². The first-order valence-corrected chi connectivity index (χ1v) is 7.20. The highest BCUT2D eigenvalue weighted by Gasteiger charge is 2.36. The van der Waals surface area contributed by atoms with Gasteiger partial charge in [0.15, 0.2) is 0 Å². The molecule has 0 spiro atoms. The molecule has 1 aromatic heterocycles. The van der Waals surface area contributed by atoms with E-state index in [1.807, 2.05) is 0 Å². The van der Waals surface area contributed by atoms with Crippen molar-refractivity contribution in [1.82, 2.24) is 14.5 Å². The van der Waals surface area contributed by atoms with Gasteiger partial charge in [0.05, 0.1) is 30.3 Å². The highest BCUT2D eigenvalue weighted by atomic mass is 16.6. The van der Waals surface area contributed by atoms with E-state index < -0.39 is 22.8 Å². The van der Waals surface area contributed by atoms with E-state index in [1.54, 1.807) is 31.2 Å². The fourth-order valence-corrected chi connectivity index (χ4v) is 2.66. The van der Waals surface area contributed by atoms with Crippen molar-refractivity contribution in [2.24, 2.45) is 0 Å². The van der Waals surface area contributed by atoms with E-state index in [2.05, 4.69) is 4.98 Å². The normalized spacial score (nSPS) is 14.8. The number of amides is 2. The number of carbonyl (C=O) groups excluding carboxylic acids is 2. The molecule has 2 aromatic rings. The van der Waals surface area contributed by atoms with Gasteiger partial charge in [-0.05, 0) is 22.0 Å². The van der Waals surface area contributed by atoms with Crippen molar-refractivity contribution in [2.75, 3.05) is 6.54 Å². The fourth-order valence-electron chi connectivity index (χ4n) is 2.66. The Labute approximate surface area is 136 Å². The van der Waals surface area contributed by atoms with Crippen LogP contribution in [-0.4, -0.2) is 48.9 Å². The number of nitrogens with zero attached hydrogens (tertiary/aromatic N) is 4. The largest absolute Gasteiger partial charge is 0.389 e. The fraction of sp³-hybridized carbons (Fsp3) is 0.267. The van der Waals surface area contributed by atoms with Crippen LogP contribution in [0.15, 0.2) is 30.5 Å². The van der Waals surface area contributed by atoms with Gasteiger partial charge in [0.1, 0.15) is 6.20 Å². The van der Waals surface area contributed by atoms with E-state index in [-0.39, 0.29) is 18.9 Å². The summed E-state index contributed by atoms with van der Waals surface area (Å²) >= 11 is 0. The molecule has 0 saturated carbocycles. The van der Waals surface area contributed by atoms with Crippen molar-refractivity contribution < 1.29 is 19.6 Å². The van der Waals surface area contributed by atoms with Gasteiger partial charge in [-0.3, -0.25) is 14.5 Å². The number of fused-ring (bicyclic) bond motifs is 1. The maximum atomic E-state index is 12.2.